The van der Waals surface area contributed by atoms with Crippen molar-refractivity contribution in [1.82, 2.24) is 19.7 Å². The molecule has 1 atom stereocenters. The molecule has 2 aromatic carbocycles. The fourth-order valence-corrected chi connectivity index (χ4v) is 4.93. The van der Waals surface area contributed by atoms with Crippen LogP contribution in [0.3, 0.4) is 0 Å². The highest BCUT2D eigenvalue weighted by molar-refractivity contribution is 5.96. The second-order valence-electron chi connectivity index (χ2n) is 8.38. The van der Waals surface area contributed by atoms with E-state index in [2.05, 4.69) is 10.1 Å². The molecule has 1 spiro atoms. The summed E-state index contributed by atoms with van der Waals surface area (Å²) in [5.74, 6) is -0.155. The number of carbonyl (C=O) groups excluding carboxylic acids is 2. The number of carbonyl (C=O) groups is 2. The van der Waals surface area contributed by atoms with Crippen LogP contribution in [0.25, 0.3) is 5.69 Å². The summed E-state index contributed by atoms with van der Waals surface area (Å²) in [7, 11) is 0. The maximum absolute atomic E-state index is 13.5. The van der Waals surface area contributed by atoms with Gasteiger partial charge in [0, 0.05) is 18.5 Å². The normalized spacial score (nSPS) is 23.5. The zero-order chi connectivity index (χ0) is 20.3. The van der Waals surface area contributed by atoms with Crippen LogP contribution in [0.1, 0.15) is 40.7 Å². The third-order valence-electron chi connectivity index (χ3n) is 6.71. The molecule has 1 saturated heterocycles. The van der Waals surface area contributed by atoms with Crippen LogP contribution in [0.2, 0.25) is 0 Å². The lowest BCUT2D eigenvalue weighted by molar-refractivity contribution is -0.134. The standard InChI is InChI=1S/C23H20N4O3/c28-20-18-3-1-2-4-19(18)23(30-20)11-12-26(13-23)21(29)22(9-10-22)16-5-7-17(8-6-16)27-15-24-14-25-27/h1-8,14-15H,9-13H2/t23-/m0/s1. The highest BCUT2D eigenvalue weighted by Crippen LogP contribution is 2.52. The number of fused-ring (bicyclic) bond motifs is 2. The van der Waals surface area contributed by atoms with Crippen LogP contribution in [0.5, 0.6) is 0 Å². The van der Waals surface area contributed by atoms with Crippen LogP contribution in [-0.4, -0.2) is 44.6 Å². The number of nitrogens with zero attached hydrogens (tertiary/aromatic N) is 4. The molecule has 1 saturated carbocycles. The van der Waals surface area contributed by atoms with E-state index < -0.39 is 11.0 Å². The van der Waals surface area contributed by atoms with Crippen molar-refractivity contribution in [2.75, 3.05) is 13.1 Å². The van der Waals surface area contributed by atoms with Gasteiger partial charge in [-0.3, -0.25) is 4.79 Å². The van der Waals surface area contributed by atoms with Gasteiger partial charge in [0.1, 0.15) is 12.7 Å². The lowest BCUT2D eigenvalue weighted by atomic mass is 9.91. The van der Waals surface area contributed by atoms with Gasteiger partial charge in [-0.25, -0.2) is 14.5 Å². The molecule has 0 N–H and O–H groups in total. The topological polar surface area (TPSA) is 77.3 Å². The molecule has 0 bridgehead atoms. The number of likely N-dealkylation sites (tertiary alicyclic amines) is 1. The number of hydrogen-bond donors (Lipinski definition) is 0. The van der Waals surface area contributed by atoms with Gasteiger partial charge in [-0.2, -0.15) is 5.10 Å². The van der Waals surface area contributed by atoms with Crippen molar-refractivity contribution in [1.29, 1.82) is 0 Å². The van der Waals surface area contributed by atoms with E-state index in [4.69, 9.17) is 4.74 Å². The molecule has 1 aliphatic carbocycles. The summed E-state index contributed by atoms with van der Waals surface area (Å²) >= 11 is 0. The molecule has 2 fully saturated rings. The van der Waals surface area contributed by atoms with Crippen LogP contribution in [0.4, 0.5) is 0 Å². The molecule has 1 amide bonds. The molecular weight excluding hydrogens is 380 g/mol. The van der Waals surface area contributed by atoms with Crippen molar-refractivity contribution < 1.29 is 14.3 Å². The number of benzene rings is 2. The smallest absolute Gasteiger partial charge is 0.339 e. The van der Waals surface area contributed by atoms with E-state index in [1.165, 1.54) is 6.33 Å². The third kappa shape index (κ3) is 2.38. The largest absolute Gasteiger partial charge is 0.449 e. The van der Waals surface area contributed by atoms with E-state index >= 15 is 0 Å². The van der Waals surface area contributed by atoms with Crippen molar-refractivity contribution >= 4 is 11.9 Å². The van der Waals surface area contributed by atoms with E-state index in [0.717, 1.165) is 29.7 Å². The van der Waals surface area contributed by atoms with Crippen LogP contribution in [0.15, 0.2) is 61.2 Å². The average Bonchev–Trinajstić information content (AvgIpc) is 3.13. The number of esters is 1. The van der Waals surface area contributed by atoms with Gasteiger partial charge in [-0.05, 0) is 36.6 Å². The molecule has 30 heavy (non-hydrogen) atoms. The van der Waals surface area contributed by atoms with Crippen LogP contribution < -0.4 is 0 Å². The second kappa shape index (κ2) is 6.01. The Hall–Kier alpha value is -3.48. The maximum atomic E-state index is 13.5. The number of rotatable bonds is 3. The Bertz CT molecular complexity index is 1150. The van der Waals surface area contributed by atoms with Gasteiger partial charge >= 0.3 is 5.97 Å². The van der Waals surface area contributed by atoms with Crippen molar-refractivity contribution in [2.24, 2.45) is 0 Å². The van der Waals surface area contributed by atoms with Gasteiger partial charge in [0.25, 0.3) is 0 Å². The Morgan fingerprint density at radius 2 is 1.83 bits per heavy atom. The van der Waals surface area contributed by atoms with Gasteiger partial charge in [-0.15, -0.1) is 0 Å². The summed E-state index contributed by atoms with van der Waals surface area (Å²) in [4.78, 5) is 31.7. The quantitative estimate of drug-likeness (QED) is 0.632. The summed E-state index contributed by atoms with van der Waals surface area (Å²) in [6.07, 6.45) is 5.47. The molecule has 0 unspecified atom stereocenters. The lowest BCUT2D eigenvalue weighted by Crippen LogP contribution is -2.40. The molecule has 3 aliphatic rings. The van der Waals surface area contributed by atoms with Crippen molar-refractivity contribution in [3.63, 3.8) is 0 Å². The Morgan fingerprint density at radius 3 is 2.57 bits per heavy atom. The number of amides is 1. The Morgan fingerprint density at radius 1 is 1.03 bits per heavy atom. The minimum atomic E-state index is -0.698. The van der Waals surface area contributed by atoms with E-state index in [0.29, 0.717) is 25.1 Å². The van der Waals surface area contributed by atoms with Gasteiger partial charge in [0.2, 0.25) is 5.91 Å². The Kier molecular flexibility index (Phi) is 3.48. The summed E-state index contributed by atoms with van der Waals surface area (Å²) in [6, 6.07) is 15.5. The van der Waals surface area contributed by atoms with Crippen molar-refractivity contribution in [2.45, 2.75) is 30.3 Å². The summed E-state index contributed by atoms with van der Waals surface area (Å²) in [5, 5.41) is 4.15. The van der Waals surface area contributed by atoms with Gasteiger partial charge < -0.3 is 9.64 Å². The zero-order valence-electron chi connectivity index (χ0n) is 16.3. The fraction of sp³-hybridized carbons (Fsp3) is 0.304. The summed E-state index contributed by atoms with van der Waals surface area (Å²) in [5.41, 5.74) is 2.31. The van der Waals surface area contributed by atoms with Gasteiger partial charge in [-0.1, -0.05) is 30.3 Å². The van der Waals surface area contributed by atoms with E-state index in [9.17, 15) is 9.59 Å². The van der Waals surface area contributed by atoms with Crippen molar-refractivity contribution in [3.8, 4) is 5.69 Å². The van der Waals surface area contributed by atoms with E-state index in [1.54, 1.807) is 17.1 Å². The molecule has 7 heteroatoms. The number of ether oxygens (including phenoxy) is 1. The zero-order valence-corrected chi connectivity index (χ0v) is 16.3. The third-order valence-corrected chi connectivity index (χ3v) is 6.71. The van der Waals surface area contributed by atoms with Gasteiger partial charge in [0.05, 0.1) is 23.2 Å². The number of hydrogen-bond acceptors (Lipinski definition) is 5. The summed E-state index contributed by atoms with van der Waals surface area (Å²) < 4.78 is 7.50. The van der Waals surface area contributed by atoms with Crippen molar-refractivity contribution in [3.05, 3.63) is 77.9 Å². The highest BCUT2D eigenvalue weighted by atomic mass is 16.6. The Balaban J connectivity index is 1.25. The number of aromatic nitrogens is 3. The summed E-state index contributed by atoms with van der Waals surface area (Å²) in [6.45, 7) is 1.02. The minimum absolute atomic E-state index is 0.133. The first-order chi connectivity index (χ1) is 14.6. The average molecular weight is 400 g/mol. The molecule has 0 radical (unpaired) electrons. The predicted octanol–water partition coefficient (Wildman–Crippen LogP) is 2.60. The first-order valence-corrected chi connectivity index (χ1v) is 10.2. The van der Waals surface area contributed by atoms with Crippen LogP contribution in [0, 0.1) is 0 Å². The minimum Gasteiger partial charge on any atom is -0.449 e. The van der Waals surface area contributed by atoms with Crippen LogP contribution >= 0.6 is 0 Å². The van der Waals surface area contributed by atoms with Crippen LogP contribution in [-0.2, 0) is 20.5 Å². The molecule has 3 aromatic rings. The maximum Gasteiger partial charge on any atom is 0.339 e. The predicted molar refractivity (Wildman–Crippen MR) is 107 cm³/mol. The molecular formula is C23H20N4O3. The second-order valence-corrected chi connectivity index (χ2v) is 8.38. The highest BCUT2D eigenvalue weighted by Gasteiger charge is 2.57. The molecule has 7 nitrogen and oxygen atoms in total. The van der Waals surface area contributed by atoms with E-state index in [1.807, 2.05) is 47.4 Å². The molecule has 1 aromatic heterocycles. The molecule has 3 heterocycles. The molecule has 6 rings (SSSR count). The molecule has 150 valence electrons. The first-order valence-electron chi connectivity index (χ1n) is 10.2. The van der Waals surface area contributed by atoms with Gasteiger partial charge in [0.15, 0.2) is 5.60 Å². The Labute approximate surface area is 173 Å². The monoisotopic (exact) mass is 400 g/mol. The SMILES string of the molecule is O=C1O[C@]2(CCN(C(=O)C3(c4ccc(-n5cncn5)cc4)CC3)C2)c2ccccc21. The van der Waals surface area contributed by atoms with E-state index in [-0.39, 0.29) is 11.9 Å². The molecule has 2 aliphatic heterocycles. The fourth-order valence-electron chi connectivity index (χ4n) is 4.93. The lowest BCUT2D eigenvalue weighted by Gasteiger charge is -2.27. The first kappa shape index (κ1) is 17.4.